The highest BCUT2D eigenvalue weighted by molar-refractivity contribution is 5.55. The van der Waals surface area contributed by atoms with Gasteiger partial charge in [-0.15, -0.1) is 0 Å². The number of nitrogens with two attached hydrogens (primary N) is 1. The van der Waals surface area contributed by atoms with Crippen molar-refractivity contribution in [2.45, 2.75) is 33.7 Å². The van der Waals surface area contributed by atoms with Crippen molar-refractivity contribution in [3.8, 4) is 5.75 Å². The van der Waals surface area contributed by atoms with Gasteiger partial charge in [-0.3, -0.25) is 0 Å². The number of quaternary nitrogens is 1. The van der Waals surface area contributed by atoms with Gasteiger partial charge >= 0.3 is 0 Å². The third-order valence-corrected chi connectivity index (χ3v) is 4.61. The number of benzene rings is 1. The van der Waals surface area contributed by atoms with Crippen LogP contribution in [0.15, 0.2) is 24.3 Å². The van der Waals surface area contributed by atoms with E-state index in [0.29, 0.717) is 12.6 Å². The fourth-order valence-electron chi connectivity index (χ4n) is 3.79. The van der Waals surface area contributed by atoms with Gasteiger partial charge in [-0.05, 0) is 37.6 Å². The van der Waals surface area contributed by atoms with Gasteiger partial charge in [0.2, 0.25) is 11.9 Å². The first-order chi connectivity index (χ1) is 12.5. The highest BCUT2D eigenvalue weighted by Crippen LogP contribution is 2.18. The van der Waals surface area contributed by atoms with Crippen molar-refractivity contribution in [1.82, 2.24) is 15.0 Å². The Labute approximate surface area is 155 Å². The van der Waals surface area contributed by atoms with E-state index in [1.807, 2.05) is 31.2 Å². The van der Waals surface area contributed by atoms with E-state index in [1.54, 1.807) is 0 Å². The van der Waals surface area contributed by atoms with Crippen LogP contribution in [0.25, 0.3) is 0 Å². The molecular formula is C19H29N6O+. The molecule has 0 aliphatic carbocycles. The molecule has 1 saturated heterocycles. The summed E-state index contributed by atoms with van der Waals surface area (Å²) in [5, 5.41) is 3.20. The Morgan fingerprint density at radius 2 is 1.81 bits per heavy atom. The number of nitrogens with zero attached hydrogens (tertiary/aromatic N) is 3. The highest BCUT2D eigenvalue weighted by Gasteiger charge is 2.26. The molecule has 2 atom stereocenters. The molecule has 26 heavy (non-hydrogen) atoms. The van der Waals surface area contributed by atoms with Crippen LogP contribution in [0.2, 0.25) is 0 Å². The monoisotopic (exact) mass is 357 g/mol. The van der Waals surface area contributed by atoms with Crippen molar-refractivity contribution in [3.05, 3.63) is 30.1 Å². The maximum atomic E-state index is 5.90. The van der Waals surface area contributed by atoms with Gasteiger partial charge in [0.25, 0.3) is 0 Å². The SMILES string of the molecule is CCOc1ccc(Nc2nc(N)nc(C[NH+]3CC(C)CC(C)C3)n2)cc1. The lowest BCUT2D eigenvalue weighted by Gasteiger charge is -2.31. The Balaban J connectivity index is 1.69. The number of ether oxygens (including phenoxy) is 1. The highest BCUT2D eigenvalue weighted by atomic mass is 16.5. The minimum Gasteiger partial charge on any atom is -0.494 e. The number of anilines is 3. The molecule has 0 spiro atoms. The number of nitrogen functional groups attached to an aromatic ring is 1. The molecule has 0 saturated carbocycles. The summed E-state index contributed by atoms with van der Waals surface area (Å²) < 4.78 is 5.46. The molecule has 2 unspecified atom stereocenters. The molecule has 4 N–H and O–H groups in total. The number of rotatable bonds is 6. The zero-order valence-electron chi connectivity index (χ0n) is 15.8. The first kappa shape index (κ1) is 18.4. The maximum absolute atomic E-state index is 5.90. The van der Waals surface area contributed by atoms with Gasteiger partial charge in [0.15, 0.2) is 5.82 Å². The first-order valence-corrected chi connectivity index (χ1v) is 9.35. The summed E-state index contributed by atoms with van der Waals surface area (Å²) in [5.41, 5.74) is 6.79. The van der Waals surface area contributed by atoms with Crippen LogP contribution >= 0.6 is 0 Å². The molecule has 0 radical (unpaired) electrons. The number of nitrogens with one attached hydrogen (secondary N) is 2. The fraction of sp³-hybridized carbons (Fsp3) is 0.526. The molecular weight excluding hydrogens is 328 g/mol. The van der Waals surface area contributed by atoms with Gasteiger partial charge in [0, 0.05) is 17.5 Å². The Bertz CT molecular complexity index is 710. The molecule has 7 nitrogen and oxygen atoms in total. The molecule has 1 aliphatic heterocycles. The van der Waals surface area contributed by atoms with Gasteiger partial charge in [0.1, 0.15) is 12.3 Å². The minimum absolute atomic E-state index is 0.251. The molecule has 3 rings (SSSR count). The van der Waals surface area contributed by atoms with E-state index in [1.165, 1.54) is 11.3 Å². The van der Waals surface area contributed by atoms with Crippen molar-refractivity contribution in [1.29, 1.82) is 0 Å². The second-order valence-corrected chi connectivity index (χ2v) is 7.30. The van der Waals surface area contributed by atoms with Crippen LogP contribution < -0.4 is 20.7 Å². The number of hydrogen-bond acceptors (Lipinski definition) is 6. The average Bonchev–Trinajstić information content (AvgIpc) is 2.55. The van der Waals surface area contributed by atoms with Crippen LogP contribution in [0.3, 0.4) is 0 Å². The van der Waals surface area contributed by atoms with Gasteiger partial charge in [-0.2, -0.15) is 15.0 Å². The first-order valence-electron chi connectivity index (χ1n) is 9.35. The molecule has 140 valence electrons. The quantitative estimate of drug-likeness (QED) is 0.728. The summed E-state index contributed by atoms with van der Waals surface area (Å²) in [7, 11) is 0. The third kappa shape index (κ3) is 5.05. The summed E-state index contributed by atoms with van der Waals surface area (Å²) in [4.78, 5) is 14.6. The third-order valence-electron chi connectivity index (χ3n) is 4.61. The lowest BCUT2D eigenvalue weighted by atomic mass is 9.92. The molecule has 1 aromatic carbocycles. The Hall–Kier alpha value is -2.41. The van der Waals surface area contributed by atoms with E-state index in [4.69, 9.17) is 10.5 Å². The number of piperidine rings is 1. The van der Waals surface area contributed by atoms with Crippen LogP contribution in [0.4, 0.5) is 17.6 Å². The average molecular weight is 357 g/mol. The van der Waals surface area contributed by atoms with Crippen molar-refractivity contribution in [2.75, 3.05) is 30.7 Å². The zero-order chi connectivity index (χ0) is 18.5. The molecule has 1 aromatic heterocycles. The van der Waals surface area contributed by atoms with Crippen molar-refractivity contribution in [3.63, 3.8) is 0 Å². The molecule has 0 amide bonds. The van der Waals surface area contributed by atoms with E-state index in [2.05, 4.69) is 34.1 Å². The van der Waals surface area contributed by atoms with E-state index in [0.717, 1.165) is 48.7 Å². The van der Waals surface area contributed by atoms with Gasteiger partial charge < -0.3 is 20.7 Å². The number of likely N-dealkylation sites (tertiary alicyclic amines) is 1. The van der Waals surface area contributed by atoms with Crippen LogP contribution in [-0.4, -0.2) is 34.6 Å². The fourth-order valence-corrected chi connectivity index (χ4v) is 3.79. The van der Waals surface area contributed by atoms with Crippen molar-refractivity contribution < 1.29 is 9.64 Å². The molecule has 1 aliphatic rings. The second kappa shape index (κ2) is 8.31. The van der Waals surface area contributed by atoms with Crippen LogP contribution in [0, 0.1) is 11.8 Å². The summed E-state index contributed by atoms with van der Waals surface area (Å²) in [6.07, 6.45) is 1.30. The summed E-state index contributed by atoms with van der Waals surface area (Å²) in [6.45, 7) is 10.3. The normalized spacial score (nSPS) is 22.8. The van der Waals surface area contributed by atoms with E-state index in [-0.39, 0.29) is 5.95 Å². The molecule has 2 heterocycles. The predicted molar refractivity (Wildman–Crippen MR) is 102 cm³/mol. The second-order valence-electron chi connectivity index (χ2n) is 7.30. The van der Waals surface area contributed by atoms with Crippen LogP contribution in [0.1, 0.15) is 33.0 Å². The smallest absolute Gasteiger partial charge is 0.232 e. The lowest BCUT2D eigenvalue weighted by molar-refractivity contribution is -0.926. The summed E-state index contributed by atoms with van der Waals surface area (Å²) in [5.74, 6) is 3.77. The predicted octanol–water partition coefficient (Wildman–Crippen LogP) is 1.66. The van der Waals surface area contributed by atoms with Gasteiger partial charge in [-0.25, -0.2) is 0 Å². The van der Waals surface area contributed by atoms with E-state index >= 15 is 0 Å². The Kier molecular flexibility index (Phi) is 5.88. The molecule has 1 fully saturated rings. The summed E-state index contributed by atoms with van der Waals surface area (Å²) >= 11 is 0. The van der Waals surface area contributed by atoms with Crippen LogP contribution in [0.5, 0.6) is 5.75 Å². The van der Waals surface area contributed by atoms with Crippen molar-refractivity contribution in [2.24, 2.45) is 11.8 Å². The Morgan fingerprint density at radius 3 is 2.46 bits per heavy atom. The maximum Gasteiger partial charge on any atom is 0.232 e. The topological polar surface area (TPSA) is 90.4 Å². The van der Waals surface area contributed by atoms with E-state index < -0.39 is 0 Å². The minimum atomic E-state index is 0.251. The van der Waals surface area contributed by atoms with Crippen molar-refractivity contribution >= 4 is 17.6 Å². The zero-order valence-corrected chi connectivity index (χ0v) is 15.8. The van der Waals surface area contributed by atoms with Gasteiger partial charge in [-0.1, -0.05) is 13.8 Å². The number of hydrogen-bond donors (Lipinski definition) is 3. The molecule has 0 bridgehead atoms. The van der Waals surface area contributed by atoms with E-state index in [9.17, 15) is 0 Å². The molecule has 2 aromatic rings. The Morgan fingerprint density at radius 1 is 1.12 bits per heavy atom. The molecule has 7 heteroatoms. The van der Waals surface area contributed by atoms with Crippen LogP contribution in [-0.2, 0) is 6.54 Å². The lowest BCUT2D eigenvalue weighted by Crippen LogP contribution is -3.13. The number of aromatic nitrogens is 3. The standard InChI is InChI=1S/C19H28N6O/c1-4-26-16-7-5-15(6-8-16)21-19-23-17(22-18(20)24-19)12-25-10-13(2)9-14(3)11-25/h5-8,13-14H,4,9-12H2,1-3H3,(H3,20,21,22,23,24)/p+1. The van der Waals surface area contributed by atoms with Gasteiger partial charge in [0.05, 0.1) is 19.7 Å². The largest absolute Gasteiger partial charge is 0.494 e. The summed E-state index contributed by atoms with van der Waals surface area (Å²) in [6, 6.07) is 7.70.